The van der Waals surface area contributed by atoms with E-state index in [0.717, 1.165) is 5.39 Å². The molecular formula is C24H18N2O3. The van der Waals surface area contributed by atoms with Gasteiger partial charge in [0.1, 0.15) is 6.61 Å². The normalized spacial score (nSPS) is 12.4. The molecule has 1 amide bonds. The molecular weight excluding hydrogens is 364 g/mol. The van der Waals surface area contributed by atoms with Crippen LogP contribution in [0.1, 0.15) is 17.0 Å². The van der Waals surface area contributed by atoms with E-state index in [-0.39, 0.29) is 18.1 Å². The second-order valence-electron chi connectivity index (χ2n) is 7.08. The Morgan fingerprint density at radius 2 is 1.55 bits per heavy atom. The maximum absolute atomic E-state index is 12.4. The summed E-state index contributed by atoms with van der Waals surface area (Å²) < 4.78 is 5.56. The van der Waals surface area contributed by atoms with Crippen molar-refractivity contribution in [1.29, 1.82) is 0 Å². The fraction of sp³-hybridized carbons (Fsp3) is 0.0833. The third-order valence-corrected chi connectivity index (χ3v) is 5.32. The molecule has 1 aromatic heterocycles. The summed E-state index contributed by atoms with van der Waals surface area (Å²) in [7, 11) is 0. The van der Waals surface area contributed by atoms with Crippen LogP contribution in [0.15, 0.2) is 83.7 Å². The minimum atomic E-state index is -0.524. The summed E-state index contributed by atoms with van der Waals surface area (Å²) in [4.78, 5) is 26.6. The van der Waals surface area contributed by atoms with E-state index >= 15 is 0 Å². The molecule has 5 heteroatoms. The number of amides is 1. The van der Waals surface area contributed by atoms with Gasteiger partial charge in [0.05, 0.1) is 5.52 Å². The van der Waals surface area contributed by atoms with Gasteiger partial charge in [0.15, 0.2) is 0 Å². The Balaban J connectivity index is 1.33. The zero-order valence-corrected chi connectivity index (χ0v) is 15.5. The first-order valence-corrected chi connectivity index (χ1v) is 9.44. The van der Waals surface area contributed by atoms with Crippen LogP contribution in [0, 0.1) is 0 Å². The molecule has 4 aromatic rings. The summed E-state index contributed by atoms with van der Waals surface area (Å²) in [5, 5.41) is 3.63. The summed E-state index contributed by atoms with van der Waals surface area (Å²) in [6.07, 6.45) is -0.524. The van der Waals surface area contributed by atoms with Crippen LogP contribution in [0.3, 0.4) is 0 Å². The van der Waals surface area contributed by atoms with E-state index in [9.17, 15) is 9.59 Å². The Morgan fingerprint density at radius 3 is 2.28 bits per heavy atom. The maximum atomic E-state index is 12.4. The van der Waals surface area contributed by atoms with E-state index in [0.29, 0.717) is 11.2 Å². The van der Waals surface area contributed by atoms with E-state index in [1.54, 1.807) is 18.2 Å². The second kappa shape index (κ2) is 6.95. The molecule has 0 radical (unpaired) electrons. The molecule has 1 aliphatic carbocycles. The highest BCUT2D eigenvalue weighted by atomic mass is 16.5. The lowest BCUT2D eigenvalue weighted by Crippen LogP contribution is -2.18. The van der Waals surface area contributed by atoms with Gasteiger partial charge in [-0.2, -0.15) is 0 Å². The van der Waals surface area contributed by atoms with E-state index in [2.05, 4.69) is 34.6 Å². The number of aromatic amines is 1. The van der Waals surface area contributed by atoms with Gasteiger partial charge in [0, 0.05) is 17.7 Å². The van der Waals surface area contributed by atoms with Gasteiger partial charge in [-0.05, 0) is 45.8 Å². The van der Waals surface area contributed by atoms with Gasteiger partial charge in [-0.3, -0.25) is 10.1 Å². The summed E-state index contributed by atoms with van der Waals surface area (Å²) in [6, 6.07) is 25.0. The second-order valence-corrected chi connectivity index (χ2v) is 7.08. The topological polar surface area (TPSA) is 71.2 Å². The van der Waals surface area contributed by atoms with Gasteiger partial charge in [-0.1, -0.05) is 54.6 Å². The molecule has 5 nitrogen and oxygen atoms in total. The number of hydrogen-bond acceptors (Lipinski definition) is 3. The maximum Gasteiger partial charge on any atom is 0.411 e. The predicted molar refractivity (Wildman–Crippen MR) is 113 cm³/mol. The third-order valence-electron chi connectivity index (χ3n) is 5.32. The summed E-state index contributed by atoms with van der Waals surface area (Å²) in [5.74, 6) is 0.0149. The average Bonchev–Trinajstić information content (AvgIpc) is 3.06. The molecule has 0 spiro atoms. The number of aromatic nitrogens is 1. The minimum absolute atomic E-state index is 0.0149. The van der Waals surface area contributed by atoms with Crippen molar-refractivity contribution in [2.45, 2.75) is 5.92 Å². The highest BCUT2D eigenvalue weighted by Crippen LogP contribution is 2.44. The molecule has 0 aliphatic heterocycles. The first kappa shape index (κ1) is 17.3. The monoisotopic (exact) mass is 382 g/mol. The molecule has 0 unspecified atom stereocenters. The highest BCUT2D eigenvalue weighted by molar-refractivity contribution is 5.89. The van der Waals surface area contributed by atoms with Crippen molar-refractivity contribution in [2.75, 3.05) is 11.9 Å². The van der Waals surface area contributed by atoms with Crippen molar-refractivity contribution < 1.29 is 9.53 Å². The number of benzene rings is 3. The highest BCUT2D eigenvalue weighted by Gasteiger charge is 2.28. The lowest BCUT2D eigenvalue weighted by atomic mass is 9.98. The quantitative estimate of drug-likeness (QED) is 0.530. The number of anilines is 1. The average molecular weight is 382 g/mol. The SMILES string of the molecule is O=C(Nc1ccc2ccc(=O)[nH]c2c1)OCC1c2ccccc2-c2ccccc21. The molecule has 0 fully saturated rings. The number of nitrogens with one attached hydrogen (secondary N) is 2. The van der Waals surface area contributed by atoms with E-state index < -0.39 is 6.09 Å². The summed E-state index contributed by atoms with van der Waals surface area (Å²) in [6.45, 7) is 0.254. The van der Waals surface area contributed by atoms with Gasteiger partial charge in [-0.15, -0.1) is 0 Å². The van der Waals surface area contributed by atoms with Crippen LogP contribution < -0.4 is 10.9 Å². The minimum Gasteiger partial charge on any atom is -0.448 e. The molecule has 3 aromatic carbocycles. The molecule has 1 aliphatic rings. The number of carbonyl (C=O) groups is 1. The molecule has 142 valence electrons. The molecule has 0 saturated heterocycles. The van der Waals surface area contributed by atoms with Crippen molar-refractivity contribution in [2.24, 2.45) is 0 Å². The Kier molecular flexibility index (Phi) is 4.13. The first-order chi connectivity index (χ1) is 14.2. The Morgan fingerprint density at radius 1 is 0.897 bits per heavy atom. The van der Waals surface area contributed by atoms with Crippen LogP contribution in [0.5, 0.6) is 0 Å². The Labute approximate surface area is 167 Å². The fourth-order valence-electron chi connectivity index (χ4n) is 3.98. The number of carbonyl (C=O) groups excluding carboxylic acids is 1. The smallest absolute Gasteiger partial charge is 0.411 e. The summed E-state index contributed by atoms with van der Waals surface area (Å²) >= 11 is 0. The Hall–Kier alpha value is -3.86. The zero-order chi connectivity index (χ0) is 19.8. The number of hydrogen-bond donors (Lipinski definition) is 2. The van der Waals surface area contributed by atoms with Crippen LogP contribution >= 0.6 is 0 Å². The molecule has 29 heavy (non-hydrogen) atoms. The lowest BCUT2D eigenvalue weighted by molar-refractivity contribution is 0.158. The molecule has 5 rings (SSSR count). The Bertz CT molecular complexity index is 1250. The van der Waals surface area contributed by atoms with Crippen molar-refractivity contribution in [3.05, 3.63) is 100 Å². The van der Waals surface area contributed by atoms with Gasteiger partial charge in [0.25, 0.3) is 0 Å². The van der Waals surface area contributed by atoms with Gasteiger partial charge >= 0.3 is 6.09 Å². The number of ether oxygens (including phenoxy) is 1. The first-order valence-electron chi connectivity index (χ1n) is 9.44. The number of fused-ring (bicyclic) bond motifs is 4. The van der Waals surface area contributed by atoms with Gasteiger partial charge in [-0.25, -0.2) is 4.79 Å². The van der Waals surface area contributed by atoms with Gasteiger partial charge in [0.2, 0.25) is 5.56 Å². The number of rotatable bonds is 3. The molecule has 0 atom stereocenters. The van der Waals surface area contributed by atoms with E-state index in [1.807, 2.05) is 30.3 Å². The molecule has 0 bridgehead atoms. The number of H-pyrrole nitrogens is 1. The van der Waals surface area contributed by atoms with Gasteiger partial charge < -0.3 is 9.72 Å². The van der Waals surface area contributed by atoms with Crippen LogP contribution in [-0.4, -0.2) is 17.7 Å². The van der Waals surface area contributed by atoms with Crippen molar-refractivity contribution in [3.8, 4) is 11.1 Å². The summed E-state index contributed by atoms with van der Waals surface area (Å²) in [5.41, 5.74) is 5.77. The predicted octanol–water partition coefficient (Wildman–Crippen LogP) is 4.89. The lowest BCUT2D eigenvalue weighted by Gasteiger charge is -2.14. The van der Waals surface area contributed by atoms with Crippen molar-refractivity contribution in [3.63, 3.8) is 0 Å². The number of pyridine rings is 1. The third kappa shape index (κ3) is 3.17. The standard InChI is InChI=1S/C24H18N2O3/c27-23-12-10-15-9-11-16(13-22(15)26-23)25-24(28)29-14-21-19-7-3-1-5-17(19)18-6-2-4-8-20(18)21/h1-13,21H,14H2,(H,25,28)(H,26,27). The van der Waals surface area contributed by atoms with E-state index in [1.165, 1.54) is 28.3 Å². The fourth-order valence-corrected chi connectivity index (χ4v) is 3.98. The largest absolute Gasteiger partial charge is 0.448 e. The van der Waals surface area contributed by atoms with Crippen molar-refractivity contribution >= 4 is 22.7 Å². The van der Waals surface area contributed by atoms with E-state index in [4.69, 9.17) is 4.74 Å². The van der Waals surface area contributed by atoms with Crippen LogP contribution in [0.4, 0.5) is 10.5 Å². The van der Waals surface area contributed by atoms with Crippen molar-refractivity contribution in [1.82, 2.24) is 4.98 Å². The van der Waals surface area contributed by atoms with Crippen LogP contribution in [0.25, 0.3) is 22.0 Å². The molecule has 0 saturated carbocycles. The zero-order valence-electron chi connectivity index (χ0n) is 15.5. The van der Waals surface area contributed by atoms with Crippen LogP contribution in [0.2, 0.25) is 0 Å². The van der Waals surface area contributed by atoms with Crippen LogP contribution in [-0.2, 0) is 4.74 Å². The molecule has 1 heterocycles. The molecule has 2 N–H and O–H groups in total.